The van der Waals surface area contributed by atoms with Gasteiger partial charge in [-0.3, -0.25) is 4.79 Å². The van der Waals surface area contributed by atoms with E-state index in [0.29, 0.717) is 13.2 Å². The quantitative estimate of drug-likeness (QED) is 0.505. The second-order valence-electron chi connectivity index (χ2n) is 5.12. The minimum atomic E-state index is -1.20. The fraction of sp³-hybridized carbons (Fsp3) is 0.750. The number of amides is 3. The number of carbonyl (C=O) groups excluding carboxylic acids is 2. The molecule has 1 fully saturated rings. The smallest absolute Gasteiger partial charge is 0.326 e. The van der Waals surface area contributed by atoms with Crippen LogP contribution in [0.3, 0.4) is 0 Å². The zero-order valence-electron chi connectivity index (χ0n) is 11.5. The number of urea groups is 1. The molecule has 20 heavy (non-hydrogen) atoms. The molecule has 1 aliphatic heterocycles. The second-order valence-corrected chi connectivity index (χ2v) is 5.12. The van der Waals surface area contributed by atoms with Crippen LogP contribution in [-0.4, -0.2) is 47.8 Å². The maximum Gasteiger partial charge on any atom is 0.326 e. The van der Waals surface area contributed by atoms with Gasteiger partial charge in [0.15, 0.2) is 0 Å². The molecule has 0 aliphatic carbocycles. The molecule has 1 saturated heterocycles. The van der Waals surface area contributed by atoms with Crippen LogP contribution in [0.1, 0.15) is 32.6 Å². The monoisotopic (exact) mass is 287 g/mol. The lowest BCUT2D eigenvalue weighted by Gasteiger charge is -2.24. The van der Waals surface area contributed by atoms with E-state index in [-0.39, 0.29) is 12.8 Å². The van der Waals surface area contributed by atoms with Crippen molar-refractivity contribution < 1.29 is 24.2 Å². The van der Waals surface area contributed by atoms with E-state index < -0.39 is 29.6 Å². The number of ether oxygens (including phenoxy) is 1. The van der Waals surface area contributed by atoms with Crippen molar-refractivity contribution in [2.24, 2.45) is 5.73 Å². The average molecular weight is 287 g/mol. The van der Waals surface area contributed by atoms with E-state index in [0.717, 1.165) is 12.8 Å². The van der Waals surface area contributed by atoms with Gasteiger partial charge in [0.25, 0.3) is 0 Å². The number of nitrogens with one attached hydrogen (secondary N) is 2. The first-order valence-electron chi connectivity index (χ1n) is 6.52. The molecule has 0 aromatic rings. The number of primary amides is 1. The van der Waals surface area contributed by atoms with Gasteiger partial charge in [-0.1, -0.05) is 0 Å². The third-order valence-electron chi connectivity index (χ3n) is 3.21. The molecule has 1 rings (SSSR count). The summed E-state index contributed by atoms with van der Waals surface area (Å²) in [6, 6.07) is -1.74. The van der Waals surface area contributed by atoms with Crippen molar-refractivity contribution in [1.82, 2.24) is 10.6 Å². The third kappa shape index (κ3) is 5.43. The summed E-state index contributed by atoms with van der Waals surface area (Å²) in [7, 11) is 0. The van der Waals surface area contributed by atoms with Crippen LogP contribution in [0.5, 0.6) is 0 Å². The molecule has 3 amide bonds. The summed E-state index contributed by atoms with van der Waals surface area (Å²) in [5.74, 6) is -1.81. The van der Waals surface area contributed by atoms with Crippen LogP contribution < -0.4 is 16.4 Å². The van der Waals surface area contributed by atoms with Crippen LogP contribution in [0.15, 0.2) is 0 Å². The molecule has 1 aliphatic rings. The average Bonchev–Trinajstić information content (AvgIpc) is 2.79. The summed E-state index contributed by atoms with van der Waals surface area (Å²) in [5, 5.41) is 13.8. The Hall–Kier alpha value is -1.83. The summed E-state index contributed by atoms with van der Waals surface area (Å²) in [4.78, 5) is 33.2. The Balaban J connectivity index is 2.37. The van der Waals surface area contributed by atoms with Gasteiger partial charge in [-0.25, -0.2) is 9.59 Å². The molecule has 0 spiro atoms. The number of hydrogen-bond donors (Lipinski definition) is 4. The van der Waals surface area contributed by atoms with Gasteiger partial charge in [0.05, 0.1) is 5.60 Å². The Labute approximate surface area is 117 Å². The van der Waals surface area contributed by atoms with Crippen LogP contribution in [0, 0.1) is 0 Å². The van der Waals surface area contributed by atoms with E-state index in [1.54, 1.807) is 0 Å². The number of carboxylic acids is 1. The molecule has 0 bridgehead atoms. The highest BCUT2D eigenvalue weighted by atomic mass is 16.5. The van der Waals surface area contributed by atoms with Gasteiger partial charge in [-0.05, 0) is 26.2 Å². The molecule has 8 nitrogen and oxygen atoms in total. The predicted octanol–water partition coefficient (Wildman–Crippen LogP) is -0.427. The number of hydrogen-bond acceptors (Lipinski definition) is 4. The van der Waals surface area contributed by atoms with Crippen molar-refractivity contribution in [3.63, 3.8) is 0 Å². The zero-order valence-corrected chi connectivity index (χ0v) is 11.5. The summed E-state index contributed by atoms with van der Waals surface area (Å²) in [5.41, 5.74) is 4.55. The van der Waals surface area contributed by atoms with Crippen molar-refractivity contribution in [1.29, 1.82) is 0 Å². The van der Waals surface area contributed by atoms with Gasteiger partial charge in [0.1, 0.15) is 6.04 Å². The maximum atomic E-state index is 11.6. The van der Waals surface area contributed by atoms with Crippen LogP contribution in [-0.2, 0) is 14.3 Å². The van der Waals surface area contributed by atoms with E-state index in [2.05, 4.69) is 10.6 Å². The molecule has 0 saturated carbocycles. The Morgan fingerprint density at radius 1 is 1.45 bits per heavy atom. The maximum absolute atomic E-state index is 11.6. The van der Waals surface area contributed by atoms with E-state index in [9.17, 15) is 14.4 Å². The van der Waals surface area contributed by atoms with Crippen LogP contribution in [0.25, 0.3) is 0 Å². The van der Waals surface area contributed by atoms with Crippen molar-refractivity contribution in [3.8, 4) is 0 Å². The predicted molar refractivity (Wildman–Crippen MR) is 70.0 cm³/mol. The first-order chi connectivity index (χ1) is 9.32. The highest BCUT2D eigenvalue weighted by Crippen LogP contribution is 2.23. The summed E-state index contributed by atoms with van der Waals surface area (Å²) >= 11 is 0. The Bertz CT molecular complexity index is 379. The molecular formula is C12H21N3O5. The van der Waals surface area contributed by atoms with Gasteiger partial charge in [0, 0.05) is 19.6 Å². The zero-order chi connectivity index (χ0) is 15.2. The fourth-order valence-electron chi connectivity index (χ4n) is 2.00. The minimum absolute atomic E-state index is 0.0359. The normalized spacial score (nSPS) is 23.1. The molecular weight excluding hydrogens is 266 g/mol. The molecule has 0 aromatic carbocycles. The van der Waals surface area contributed by atoms with Gasteiger partial charge >= 0.3 is 12.0 Å². The summed E-state index contributed by atoms with van der Waals surface area (Å²) < 4.78 is 5.50. The number of nitrogens with two attached hydrogens (primary N) is 1. The van der Waals surface area contributed by atoms with Crippen LogP contribution >= 0.6 is 0 Å². The first-order valence-corrected chi connectivity index (χ1v) is 6.52. The summed E-state index contributed by atoms with van der Waals surface area (Å²) in [6.45, 7) is 2.86. The van der Waals surface area contributed by atoms with Gasteiger partial charge < -0.3 is 26.2 Å². The number of carboxylic acid groups (broad SMARTS) is 1. The van der Waals surface area contributed by atoms with Gasteiger partial charge in [-0.2, -0.15) is 0 Å². The molecule has 5 N–H and O–H groups in total. The molecule has 2 atom stereocenters. The van der Waals surface area contributed by atoms with Crippen LogP contribution in [0.4, 0.5) is 4.79 Å². The minimum Gasteiger partial charge on any atom is -0.480 e. The topological polar surface area (TPSA) is 131 Å². The fourth-order valence-corrected chi connectivity index (χ4v) is 2.00. The van der Waals surface area contributed by atoms with Gasteiger partial charge in [-0.15, -0.1) is 0 Å². The van der Waals surface area contributed by atoms with E-state index >= 15 is 0 Å². The number of rotatable bonds is 7. The van der Waals surface area contributed by atoms with Crippen molar-refractivity contribution in [2.75, 3.05) is 13.2 Å². The lowest BCUT2D eigenvalue weighted by molar-refractivity contribution is -0.139. The first kappa shape index (κ1) is 16.2. The Morgan fingerprint density at radius 3 is 2.65 bits per heavy atom. The van der Waals surface area contributed by atoms with E-state index in [1.165, 1.54) is 0 Å². The number of carbonyl (C=O) groups is 3. The highest BCUT2D eigenvalue weighted by molar-refractivity contribution is 5.83. The van der Waals surface area contributed by atoms with Gasteiger partial charge in [0.2, 0.25) is 5.91 Å². The molecule has 8 heteroatoms. The molecule has 0 aromatic heterocycles. The van der Waals surface area contributed by atoms with E-state index in [4.69, 9.17) is 15.6 Å². The third-order valence-corrected chi connectivity index (χ3v) is 3.21. The standard InChI is InChI=1S/C12H21N3O5/c1-12(5-2-6-20-12)7-14-11(19)15-8(10(17)18)3-4-9(13)16/h8H,2-7H2,1H3,(H2,13,16)(H,17,18)(H2,14,15,19). The molecule has 2 unspecified atom stereocenters. The molecule has 1 heterocycles. The van der Waals surface area contributed by atoms with Crippen molar-refractivity contribution >= 4 is 17.9 Å². The Kier molecular flexibility index (Phi) is 5.75. The van der Waals surface area contributed by atoms with Crippen molar-refractivity contribution in [3.05, 3.63) is 0 Å². The lowest BCUT2D eigenvalue weighted by Crippen LogP contribution is -2.49. The molecule has 114 valence electrons. The summed E-state index contributed by atoms with van der Waals surface area (Å²) in [6.07, 6.45) is 1.65. The molecule has 0 radical (unpaired) electrons. The second kappa shape index (κ2) is 7.09. The number of aliphatic carboxylic acids is 1. The van der Waals surface area contributed by atoms with E-state index in [1.807, 2.05) is 6.92 Å². The Morgan fingerprint density at radius 2 is 2.15 bits per heavy atom. The van der Waals surface area contributed by atoms with Crippen LogP contribution in [0.2, 0.25) is 0 Å². The lowest BCUT2D eigenvalue weighted by atomic mass is 10.0. The largest absolute Gasteiger partial charge is 0.480 e. The SMILES string of the molecule is CC1(CNC(=O)NC(CCC(N)=O)C(=O)O)CCCO1. The highest BCUT2D eigenvalue weighted by Gasteiger charge is 2.30. The van der Waals surface area contributed by atoms with Crippen molar-refractivity contribution in [2.45, 2.75) is 44.2 Å².